The van der Waals surface area contributed by atoms with Crippen molar-refractivity contribution in [2.75, 3.05) is 6.54 Å². The maximum Gasteiger partial charge on any atom is 0.223 e. The van der Waals surface area contributed by atoms with Gasteiger partial charge in [-0.2, -0.15) is 0 Å². The van der Waals surface area contributed by atoms with Crippen molar-refractivity contribution in [3.8, 4) is 0 Å². The second kappa shape index (κ2) is 5.56. The summed E-state index contributed by atoms with van der Waals surface area (Å²) in [5.41, 5.74) is 1.08. The van der Waals surface area contributed by atoms with E-state index in [-0.39, 0.29) is 30.1 Å². The first-order valence-corrected chi connectivity index (χ1v) is 7.09. The van der Waals surface area contributed by atoms with E-state index in [0.29, 0.717) is 12.3 Å². The van der Waals surface area contributed by atoms with Crippen LogP contribution in [-0.2, 0) is 4.79 Å². The van der Waals surface area contributed by atoms with Gasteiger partial charge in [-0.1, -0.05) is 30.3 Å². The van der Waals surface area contributed by atoms with E-state index >= 15 is 0 Å². The lowest BCUT2D eigenvalue weighted by Crippen LogP contribution is -2.29. The standard InChI is InChI=1S/C17H17NO3/c1-12(13-6-3-2-4-7-13)18-11-14(10-16(18)19)17(20)15-8-5-9-21-15/h2-9,12,14H,10-11H2,1H3. The monoisotopic (exact) mass is 283 g/mol. The fourth-order valence-corrected chi connectivity index (χ4v) is 2.81. The van der Waals surface area contributed by atoms with Gasteiger partial charge in [-0.15, -0.1) is 0 Å². The van der Waals surface area contributed by atoms with Crippen LogP contribution in [0, 0.1) is 5.92 Å². The molecular weight excluding hydrogens is 266 g/mol. The van der Waals surface area contributed by atoms with Crippen LogP contribution >= 0.6 is 0 Å². The number of amides is 1. The molecule has 0 bridgehead atoms. The van der Waals surface area contributed by atoms with Gasteiger partial charge in [0, 0.05) is 13.0 Å². The van der Waals surface area contributed by atoms with Crippen LogP contribution in [0.3, 0.4) is 0 Å². The lowest BCUT2D eigenvalue weighted by atomic mass is 10.0. The summed E-state index contributed by atoms with van der Waals surface area (Å²) in [5.74, 6) is -0.0378. The lowest BCUT2D eigenvalue weighted by molar-refractivity contribution is -0.129. The van der Waals surface area contributed by atoms with Crippen LogP contribution in [0.5, 0.6) is 0 Å². The number of likely N-dealkylation sites (tertiary alicyclic amines) is 1. The number of furan rings is 1. The van der Waals surface area contributed by atoms with E-state index in [1.54, 1.807) is 17.0 Å². The molecule has 1 amide bonds. The highest BCUT2D eigenvalue weighted by Crippen LogP contribution is 2.30. The molecule has 4 nitrogen and oxygen atoms in total. The van der Waals surface area contributed by atoms with Crippen molar-refractivity contribution in [2.45, 2.75) is 19.4 Å². The third-order valence-corrected chi connectivity index (χ3v) is 4.04. The van der Waals surface area contributed by atoms with E-state index in [9.17, 15) is 9.59 Å². The second-order valence-corrected chi connectivity index (χ2v) is 5.38. The molecule has 0 aliphatic carbocycles. The lowest BCUT2D eigenvalue weighted by Gasteiger charge is -2.25. The topological polar surface area (TPSA) is 50.5 Å². The fourth-order valence-electron chi connectivity index (χ4n) is 2.81. The van der Waals surface area contributed by atoms with Crippen LogP contribution in [-0.4, -0.2) is 23.1 Å². The Kier molecular flexibility index (Phi) is 3.60. The highest BCUT2D eigenvalue weighted by molar-refractivity contribution is 5.99. The molecular formula is C17H17NO3. The first-order valence-electron chi connectivity index (χ1n) is 7.09. The maximum absolute atomic E-state index is 12.3. The highest BCUT2D eigenvalue weighted by atomic mass is 16.3. The first kappa shape index (κ1) is 13.6. The molecule has 1 aromatic heterocycles. The van der Waals surface area contributed by atoms with E-state index in [0.717, 1.165) is 5.56 Å². The maximum atomic E-state index is 12.3. The van der Waals surface area contributed by atoms with Gasteiger partial charge in [0.25, 0.3) is 0 Å². The van der Waals surface area contributed by atoms with E-state index in [1.807, 2.05) is 37.3 Å². The minimum absolute atomic E-state index is 0.0203. The number of ketones is 1. The number of carbonyl (C=O) groups is 2. The molecule has 0 N–H and O–H groups in total. The van der Waals surface area contributed by atoms with Gasteiger partial charge in [0.15, 0.2) is 5.76 Å². The number of Topliss-reactive ketones (excluding diaryl/α,β-unsaturated/α-hetero) is 1. The van der Waals surface area contributed by atoms with Gasteiger partial charge >= 0.3 is 0 Å². The van der Waals surface area contributed by atoms with Gasteiger partial charge in [-0.05, 0) is 24.6 Å². The molecule has 1 aromatic carbocycles. The molecule has 2 aromatic rings. The van der Waals surface area contributed by atoms with Gasteiger partial charge in [-0.25, -0.2) is 0 Å². The summed E-state index contributed by atoms with van der Waals surface area (Å²) in [6.45, 7) is 2.45. The SMILES string of the molecule is CC(c1ccccc1)N1CC(C(=O)c2ccco2)CC1=O. The fraction of sp³-hybridized carbons (Fsp3) is 0.294. The summed E-state index contributed by atoms with van der Waals surface area (Å²) in [7, 11) is 0. The van der Waals surface area contributed by atoms with Crippen LogP contribution in [0.1, 0.15) is 35.5 Å². The third kappa shape index (κ3) is 2.61. The van der Waals surface area contributed by atoms with E-state index < -0.39 is 0 Å². The summed E-state index contributed by atoms with van der Waals surface area (Å²) in [6.07, 6.45) is 1.74. The number of hydrogen-bond acceptors (Lipinski definition) is 3. The van der Waals surface area contributed by atoms with Crippen molar-refractivity contribution < 1.29 is 14.0 Å². The molecule has 21 heavy (non-hydrogen) atoms. The van der Waals surface area contributed by atoms with Crippen molar-refractivity contribution in [1.29, 1.82) is 0 Å². The van der Waals surface area contributed by atoms with Crippen LogP contribution in [0.4, 0.5) is 0 Å². The normalized spacial score (nSPS) is 19.8. The van der Waals surface area contributed by atoms with Gasteiger partial charge < -0.3 is 9.32 Å². The molecule has 108 valence electrons. The quantitative estimate of drug-likeness (QED) is 0.810. The molecule has 3 rings (SSSR count). The number of benzene rings is 1. The zero-order chi connectivity index (χ0) is 14.8. The number of rotatable bonds is 4. The Hall–Kier alpha value is -2.36. The van der Waals surface area contributed by atoms with Crippen LogP contribution in [0.15, 0.2) is 53.1 Å². The molecule has 2 atom stereocenters. The summed E-state index contributed by atoms with van der Waals surface area (Å²) in [5, 5.41) is 0. The summed E-state index contributed by atoms with van der Waals surface area (Å²) >= 11 is 0. The Morgan fingerprint density at radius 3 is 2.67 bits per heavy atom. The predicted molar refractivity (Wildman–Crippen MR) is 77.7 cm³/mol. The molecule has 0 radical (unpaired) electrons. The van der Waals surface area contributed by atoms with Gasteiger partial charge in [-0.3, -0.25) is 9.59 Å². The van der Waals surface area contributed by atoms with Crippen molar-refractivity contribution >= 4 is 11.7 Å². The Morgan fingerprint density at radius 1 is 1.24 bits per heavy atom. The smallest absolute Gasteiger partial charge is 0.223 e. The average Bonchev–Trinajstić information content (AvgIpc) is 3.16. The van der Waals surface area contributed by atoms with Crippen molar-refractivity contribution in [1.82, 2.24) is 4.90 Å². The van der Waals surface area contributed by atoms with Gasteiger partial charge in [0.05, 0.1) is 18.2 Å². The Bertz CT molecular complexity index is 633. The van der Waals surface area contributed by atoms with E-state index in [4.69, 9.17) is 4.42 Å². The minimum atomic E-state index is -0.310. The second-order valence-electron chi connectivity index (χ2n) is 5.38. The van der Waals surface area contributed by atoms with Crippen molar-refractivity contribution in [2.24, 2.45) is 5.92 Å². The van der Waals surface area contributed by atoms with E-state index in [2.05, 4.69) is 0 Å². The zero-order valence-corrected chi connectivity index (χ0v) is 11.9. The van der Waals surface area contributed by atoms with Crippen LogP contribution in [0.25, 0.3) is 0 Å². The average molecular weight is 283 g/mol. The molecule has 1 aliphatic rings. The predicted octanol–water partition coefficient (Wildman–Crippen LogP) is 3.07. The number of hydrogen-bond donors (Lipinski definition) is 0. The number of carbonyl (C=O) groups excluding carboxylic acids is 2. The van der Waals surface area contributed by atoms with Gasteiger partial charge in [0.2, 0.25) is 11.7 Å². The molecule has 1 fully saturated rings. The summed E-state index contributed by atoms with van der Waals surface area (Å²) in [6, 6.07) is 13.2. The van der Waals surface area contributed by atoms with Crippen molar-refractivity contribution in [3.63, 3.8) is 0 Å². The molecule has 1 saturated heterocycles. The summed E-state index contributed by atoms with van der Waals surface area (Å²) < 4.78 is 5.14. The first-order chi connectivity index (χ1) is 10.2. The third-order valence-electron chi connectivity index (χ3n) is 4.04. The zero-order valence-electron chi connectivity index (χ0n) is 11.9. The van der Waals surface area contributed by atoms with Crippen LogP contribution < -0.4 is 0 Å². The van der Waals surface area contributed by atoms with Crippen LogP contribution in [0.2, 0.25) is 0 Å². The largest absolute Gasteiger partial charge is 0.461 e. The molecule has 2 unspecified atom stereocenters. The summed E-state index contributed by atoms with van der Waals surface area (Å²) in [4.78, 5) is 26.3. The Morgan fingerprint density at radius 2 is 2.00 bits per heavy atom. The molecule has 0 saturated carbocycles. The van der Waals surface area contributed by atoms with Crippen molar-refractivity contribution in [3.05, 3.63) is 60.1 Å². The Labute approximate surface area is 123 Å². The highest BCUT2D eigenvalue weighted by Gasteiger charge is 2.37. The molecule has 0 spiro atoms. The molecule has 1 aliphatic heterocycles. The van der Waals surface area contributed by atoms with Gasteiger partial charge in [0.1, 0.15) is 0 Å². The minimum Gasteiger partial charge on any atom is -0.461 e. The molecule has 2 heterocycles. The Balaban J connectivity index is 1.75. The van der Waals surface area contributed by atoms with E-state index in [1.165, 1.54) is 6.26 Å². The molecule has 4 heteroatoms. The number of nitrogens with zero attached hydrogens (tertiary/aromatic N) is 1.